The lowest BCUT2D eigenvalue weighted by Crippen LogP contribution is -2.44. The van der Waals surface area contributed by atoms with Gasteiger partial charge in [0, 0.05) is 43.9 Å². The number of carbonyl (C=O) groups excluding carboxylic acids is 3. The van der Waals surface area contributed by atoms with Gasteiger partial charge >= 0.3 is 0 Å². The van der Waals surface area contributed by atoms with Gasteiger partial charge in [0.1, 0.15) is 17.2 Å². The third-order valence-corrected chi connectivity index (χ3v) is 7.24. The summed E-state index contributed by atoms with van der Waals surface area (Å²) >= 11 is 0. The molecule has 2 saturated heterocycles. The van der Waals surface area contributed by atoms with Crippen LogP contribution in [0.15, 0.2) is 78.4 Å². The van der Waals surface area contributed by atoms with Crippen LogP contribution in [0, 0.1) is 0 Å². The highest BCUT2D eigenvalue weighted by atomic mass is 16.5. The first-order chi connectivity index (χ1) is 19.9. The van der Waals surface area contributed by atoms with Crippen LogP contribution in [0.1, 0.15) is 28.8 Å². The molecule has 9 heteroatoms. The normalized spacial score (nSPS) is 17.3. The average molecular weight is 555 g/mol. The Kier molecular flexibility index (Phi) is 8.76. The molecule has 0 aromatic heterocycles. The van der Waals surface area contributed by atoms with Crippen LogP contribution in [-0.2, 0) is 9.59 Å². The average Bonchev–Trinajstić information content (AvgIpc) is 3.25. The fourth-order valence-corrected chi connectivity index (χ4v) is 4.85. The summed E-state index contributed by atoms with van der Waals surface area (Å²) in [6.07, 6.45) is 2.76. The van der Waals surface area contributed by atoms with Crippen LogP contribution < -0.4 is 20.1 Å². The molecule has 3 aromatic carbocycles. The quantitative estimate of drug-likeness (QED) is 0.230. The zero-order valence-corrected chi connectivity index (χ0v) is 23.1. The number of nitrogens with zero attached hydrogens (tertiary/aromatic N) is 3. The van der Waals surface area contributed by atoms with E-state index >= 15 is 0 Å². The van der Waals surface area contributed by atoms with Crippen LogP contribution in [0.25, 0.3) is 6.08 Å². The third kappa shape index (κ3) is 7.19. The number of nitrogens with two attached hydrogens (primary N) is 1. The van der Waals surface area contributed by atoms with E-state index in [4.69, 9.17) is 15.2 Å². The fourth-order valence-electron chi connectivity index (χ4n) is 4.85. The first-order valence-corrected chi connectivity index (χ1v) is 13.7. The highest BCUT2D eigenvalue weighted by Crippen LogP contribution is 2.30. The van der Waals surface area contributed by atoms with Crippen LogP contribution in [-0.4, -0.2) is 73.9 Å². The second-order valence-corrected chi connectivity index (χ2v) is 10.3. The van der Waals surface area contributed by atoms with Crippen molar-refractivity contribution in [3.05, 3.63) is 89.5 Å². The van der Waals surface area contributed by atoms with Gasteiger partial charge in [-0.15, -0.1) is 0 Å². The van der Waals surface area contributed by atoms with E-state index < -0.39 is 5.91 Å². The smallest absolute Gasteiger partial charge is 0.261 e. The van der Waals surface area contributed by atoms with Gasteiger partial charge in [0.15, 0.2) is 0 Å². The van der Waals surface area contributed by atoms with Crippen molar-refractivity contribution in [2.24, 2.45) is 5.73 Å². The Labute approximate surface area is 239 Å². The van der Waals surface area contributed by atoms with E-state index in [1.54, 1.807) is 54.6 Å². The van der Waals surface area contributed by atoms with Crippen LogP contribution in [0.5, 0.6) is 17.2 Å². The van der Waals surface area contributed by atoms with Crippen molar-refractivity contribution in [2.45, 2.75) is 12.8 Å². The summed E-state index contributed by atoms with van der Waals surface area (Å²) in [6, 6.07) is 20.7. The largest absolute Gasteiger partial charge is 0.494 e. The topological polar surface area (TPSA) is 105 Å². The van der Waals surface area contributed by atoms with Crippen molar-refractivity contribution < 1.29 is 23.9 Å². The molecule has 5 rings (SSSR count). The minimum Gasteiger partial charge on any atom is -0.494 e. The Morgan fingerprint density at radius 3 is 2.10 bits per heavy atom. The predicted molar refractivity (Wildman–Crippen MR) is 157 cm³/mol. The number of benzene rings is 3. The van der Waals surface area contributed by atoms with Gasteiger partial charge in [-0.25, -0.2) is 4.90 Å². The van der Waals surface area contributed by atoms with Crippen LogP contribution in [0.4, 0.5) is 5.69 Å². The molecule has 0 spiro atoms. The van der Waals surface area contributed by atoms with E-state index in [2.05, 4.69) is 16.8 Å². The monoisotopic (exact) mass is 554 g/mol. The summed E-state index contributed by atoms with van der Waals surface area (Å²) in [6.45, 7) is 6.12. The molecular formula is C32H34N4O5. The van der Waals surface area contributed by atoms with Gasteiger partial charge < -0.3 is 25.0 Å². The fraction of sp³-hybridized carbons (Fsp3) is 0.281. The van der Waals surface area contributed by atoms with Gasteiger partial charge in [-0.3, -0.25) is 14.4 Å². The maximum atomic E-state index is 13.1. The molecule has 2 aliphatic heterocycles. The van der Waals surface area contributed by atoms with Crippen molar-refractivity contribution in [3.8, 4) is 17.2 Å². The molecule has 0 unspecified atom stereocenters. The zero-order chi connectivity index (χ0) is 28.8. The first kappa shape index (κ1) is 28.1. The Morgan fingerprint density at radius 2 is 1.46 bits per heavy atom. The number of amides is 3. The van der Waals surface area contributed by atoms with Crippen LogP contribution in [0.3, 0.4) is 0 Å². The Bertz CT molecular complexity index is 1410. The molecule has 0 bridgehead atoms. The highest BCUT2D eigenvalue weighted by Gasteiger charge is 2.35. The molecule has 3 amide bonds. The molecule has 0 atom stereocenters. The summed E-state index contributed by atoms with van der Waals surface area (Å²) in [5, 5.41) is 0. The summed E-state index contributed by atoms with van der Waals surface area (Å²) in [4.78, 5) is 43.1. The number of likely N-dealkylation sites (N-methyl/N-ethyl adjacent to an activating group) is 1. The van der Waals surface area contributed by atoms with Gasteiger partial charge in [0.2, 0.25) is 11.8 Å². The second-order valence-electron chi connectivity index (χ2n) is 10.3. The van der Waals surface area contributed by atoms with Crippen molar-refractivity contribution in [1.29, 1.82) is 0 Å². The molecule has 212 valence electrons. The van der Waals surface area contributed by atoms with Crippen LogP contribution in [0.2, 0.25) is 0 Å². The Morgan fingerprint density at radius 1 is 0.854 bits per heavy atom. The first-order valence-electron chi connectivity index (χ1n) is 13.7. The molecule has 0 radical (unpaired) electrons. The molecule has 0 aliphatic carbocycles. The van der Waals surface area contributed by atoms with Crippen molar-refractivity contribution in [1.82, 2.24) is 9.80 Å². The maximum absolute atomic E-state index is 13.1. The molecular weight excluding hydrogens is 520 g/mol. The lowest BCUT2D eigenvalue weighted by Gasteiger charge is -2.32. The number of imide groups is 1. The molecule has 0 saturated carbocycles. The number of anilines is 1. The van der Waals surface area contributed by atoms with Gasteiger partial charge in [0.25, 0.3) is 5.91 Å². The van der Waals surface area contributed by atoms with Gasteiger partial charge in [-0.05, 0) is 85.8 Å². The van der Waals surface area contributed by atoms with E-state index in [1.165, 1.54) is 4.90 Å². The SMILES string of the molecule is CN1CCN(CCCOc2ccc(C=C3CC(=O)N(c4ccc(Oc5ccc(C(N)=O)cc5)cc4)C3=O)cc2)CC1. The van der Waals surface area contributed by atoms with Crippen molar-refractivity contribution >= 4 is 29.5 Å². The van der Waals surface area contributed by atoms with E-state index in [0.717, 1.165) is 50.5 Å². The number of carbonyl (C=O) groups is 3. The lowest BCUT2D eigenvalue weighted by atomic mass is 10.1. The Balaban J connectivity index is 1.14. The number of piperazine rings is 1. The number of ether oxygens (including phenoxy) is 2. The second kappa shape index (κ2) is 12.8. The standard InChI is InChI=1S/C32H34N4O5/c1-34-16-18-35(19-17-34)15-2-20-40-27-9-3-23(4-10-27)21-25-22-30(37)36(32(25)39)26-7-13-29(14-8-26)41-28-11-5-24(6-12-28)31(33)38/h3-14,21H,2,15-20,22H2,1H3,(H2,33,38). The van der Waals surface area contributed by atoms with E-state index in [1.807, 2.05) is 24.3 Å². The summed E-state index contributed by atoms with van der Waals surface area (Å²) in [5.74, 6) is 0.711. The van der Waals surface area contributed by atoms with Crippen molar-refractivity contribution in [2.75, 3.05) is 51.3 Å². The molecule has 9 nitrogen and oxygen atoms in total. The van der Waals surface area contributed by atoms with Crippen LogP contribution >= 0.6 is 0 Å². The van der Waals surface area contributed by atoms with Gasteiger partial charge in [0.05, 0.1) is 18.7 Å². The van der Waals surface area contributed by atoms with Gasteiger partial charge in [-0.2, -0.15) is 0 Å². The van der Waals surface area contributed by atoms with Crippen molar-refractivity contribution in [3.63, 3.8) is 0 Å². The molecule has 2 N–H and O–H groups in total. The molecule has 3 aromatic rings. The lowest BCUT2D eigenvalue weighted by molar-refractivity contribution is -0.120. The minimum absolute atomic E-state index is 0.0356. The zero-order valence-electron chi connectivity index (χ0n) is 23.1. The molecule has 2 fully saturated rings. The summed E-state index contributed by atoms with van der Waals surface area (Å²) < 4.78 is 11.7. The number of rotatable bonds is 10. The third-order valence-electron chi connectivity index (χ3n) is 7.24. The molecule has 41 heavy (non-hydrogen) atoms. The number of primary amides is 1. The van der Waals surface area contributed by atoms with E-state index in [-0.39, 0.29) is 18.2 Å². The predicted octanol–water partition coefficient (Wildman–Crippen LogP) is 3.94. The van der Waals surface area contributed by atoms with Gasteiger partial charge in [-0.1, -0.05) is 12.1 Å². The molecule has 2 aliphatic rings. The minimum atomic E-state index is -0.511. The van der Waals surface area contributed by atoms with E-state index in [0.29, 0.717) is 34.9 Å². The summed E-state index contributed by atoms with van der Waals surface area (Å²) in [7, 11) is 2.16. The highest BCUT2D eigenvalue weighted by molar-refractivity contribution is 6.29. The Hall–Kier alpha value is -4.47. The maximum Gasteiger partial charge on any atom is 0.261 e. The number of hydrogen-bond acceptors (Lipinski definition) is 7. The van der Waals surface area contributed by atoms with E-state index in [9.17, 15) is 14.4 Å². The molecule has 2 heterocycles. The number of hydrogen-bond donors (Lipinski definition) is 1. The summed E-state index contributed by atoms with van der Waals surface area (Å²) in [5.41, 5.74) is 7.40.